The van der Waals surface area contributed by atoms with Crippen molar-refractivity contribution in [2.45, 2.75) is 55.9 Å². The molecule has 0 bridgehead atoms. The summed E-state index contributed by atoms with van der Waals surface area (Å²) >= 11 is 0. The molecular weight excluding hydrogens is 382 g/mol. The molecule has 2 aliphatic rings. The lowest BCUT2D eigenvalue weighted by molar-refractivity contribution is -0.385. The van der Waals surface area contributed by atoms with Crippen LogP contribution in [0, 0.1) is 16.0 Å². The molecule has 0 spiro atoms. The van der Waals surface area contributed by atoms with E-state index in [9.17, 15) is 23.3 Å². The molecule has 1 saturated carbocycles. The minimum absolute atomic E-state index is 0.0228. The summed E-state index contributed by atoms with van der Waals surface area (Å²) in [6.45, 7) is 1.18. The summed E-state index contributed by atoms with van der Waals surface area (Å²) in [6.07, 6.45) is 7.81. The number of nitrogens with one attached hydrogen (secondary N) is 1. The highest BCUT2D eigenvalue weighted by Crippen LogP contribution is 2.31. The number of hydrogen-bond acceptors (Lipinski definition) is 6. The third kappa shape index (κ3) is 5.01. The van der Waals surface area contributed by atoms with Crippen molar-refractivity contribution < 1.29 is 18.1 Å². The third-order valence-electron chi connectivity index (χ3n) is 5.70. The summed E-state index contributed by atoms with van der Waals surface area (Å²) in [5.74, 6) is 0.620. The number of carbonyl (C=O) groups is 1. The largest absolute Gasteiger partial charge is 0.370 e. The van der Waals surface area contributed by atoms with Gasteiger partial charge in [0.15, 0.2) is 9.84 Å². The van der Waals surface area contributed by atoms with Gasteiger partial charge in [-0.05, 0) is 37.7 Å². The van der Waals surface area contributed by atoms with Gasteiger partial charge in [-0.25, -0.2) is 8.42 Å². The van der Waals surface area contributed by atoms with Gasteiger partial charge in [0, 0.05) is 43.9 Å². The molecule has 1 N–H and O–H groups in total. The van der Waals surface area contributed by atoms with Gasteiger partial charge in [0.2, 0.25) is 5.91 Å². The van der Waals surface area contributed by atoms with Gasteiger partial charge in [-0.2, -0.15) is 0 Å². The Morgan fingerprint density at radius 3 is 2.43 bits per heavy atom. The molecule has 1 amide bonds. The highest BCUT2D eigenvalue weighted by Gasteiger charge is 2.27. The molecular formula is C19H27N3O5S. The quantitative estimate of drug-likeness (QED) is 0.571. The first-order valence-corrected chi connectivity index (χ1v) is 11.7. The van der Waals surface area contributed by atoms with Crippen LogP contribution in [-0.4, -0.2) is 44.6 Å². The van der Waals surface area contributed by atoms with Gasteiger partial charge in [-0.15, -0.1) is 0 Å². The molecule has 2 fully saturated rings. The molecule has 9 heteroatoms. The summed E-state index contributed by atoms with van der Waals surface area (Å²) in [4.78, 5) is 24.5. The summed E-state index contributed by atoms with van der Waals surface area (Å²) in [6, 6.07) is 4.05. The van der Waals surface area contributed by atoms with Crippen LogP contribution < -0.4 is 10.2 Å². The summed E-state index contributed by atoms with van der Waals surface area (Å²) in [5.41, 5.74) is 0.252. The minimum Gasteiger partial charge on any atom is -0.370 e. The lowest BCUT2D eigenvalue weighted by atomic mass is 10.0. The second-order valence-electron chi connectivity index (χ2n) is 7.86. The average molecular weight is 410 g/mol. The minimum atomic E-state index is -3.60. The van der Waals surface area contributed by atoms with E-state index in [2.05, 4.69) is 5.32 Å². The predicted molar refractivity (Wildman–Crippen MR) is 106 cm³/mol. The van der Waals surface area contributed by atoms with Crippen molar-refractivity contribution in [3.8, 4) is 0 Å². The summed E-state index contributed by atoms with van der Waals surface area (Å²) in [5, 5.41) is 14.1. The van der Waals surface area contributed by atoms with E-state index in [1.807, 2.05) is 4.90 Å². The maximum atomic E-state index is 12.2. The van der Waals surface area contributed by atoms with Crippen molar-refractivity contribution in [2.24, 2.45) is 5.92 Å². The first kappa shape index (κ1) is 20.6. The van der Waals surface area contributed by atoms with Crippen molar-refractivity contribution in [1.82, 2.24) is 5.32 Å². The van der Waals surface area contributed by atoms with Crippen molar-refractivity contribution in [1.29, 1.82) is 0 Å². The van der Waals surface area contributed by atoms with Gasteiger partial charge in [0.1, 0.15) is 0 Å². The average Bonchev–Trinajstić information content (AvgIpc) is 3.14. The van der Waals surface area contributed by atoms with E-state index < -0.39 is 14.8 Å². The van der Waals surface area contributed by atoms with Gasteiger partial charge in [0.25, 0.3) is 5.69 Å². The molecule has 0 atom stereocenters. The Kier molecular flexibility index (Phi) is 6.22. The van der Waals surface area contributed by atoms with E-state index in [0.29, 0.717) is 31.1 Å². The van der Waals surface area contributed by atoms with Crippen LogP contribution >= 0.6 is 0 Å². The number of anilines is 1. The standard InChI is InChI=1S/C19H27N3O5S/c1-28(26,27)18-13-16(22(24)25)6-7-17(18)21-10-8-15(9-11-21)20-19(23)12-14-4-2-3-5-14/h6-7,13-15H,2-5,8-12H2,1H3,(H,20,23). The van der Waals surface area contributed by atoms with Crippen molar-refractivity contribution in [2.75, 3.05) is 24.2 Å². The fourth-order valence-electron chi connectivity index (χ4n) is 4.20. The molecule has 0 unspecified atom stereocenters. The smallest absolute Gasteiger partial charge is 0.270 e. The number of hydrogen-bond donors (Lipinski definition) is 1. The molecule has 1 saturated heterocycles. The molecule has 0 radical (unpaired) electrons. The van der Waals surface area contributed by atoms with E-state index in [0.717, 1.165) is 38.0 Å². The third-order valence-corrected chi connectivity index (χ3v) is 6.83. The van der Waals surface area contributed by atoms with Crippen LogP contribution in [0.2, 0.25) is 0 Å². The number of non-ortho nitro benzene ring substituents is 1. The lowest BCUT2D eigenvalue weighted by Crippen LogP contribution is -2.45. The van der Waals surface area contributed by atoms with Crippen molar-refractivity contribution >= 4 is 27.1 Å². The second-order valence-corrected chi connectivity index (χ2v) is 9.85. The number of carbonyl (C=O) groups excluding carboxylic acids is 1. The van der Waals surface area contributed by atoms with E-state index >= 15 is 0 Å². The molecule has 1 aromatic rings. The Hall–Kier alpha value is -2.16. The molecule has 3 rings (SSSR count). The summed E-state index contributed by atoms with van der Waals surface area (Å²) in [7, 11) is -3.60. The monoisotopic (exact) mass is 409 g/mol. The highest BCUT2D eigenvalue weighted by molar-refractivity contribution is 7.90. The van der Waals surface area contributed by atoms with Gasteiger partial charge >= 0.3 is 0 Å². The number of nitro benzene ring substituents is 1. The van der Waals surface area contributed by atoms with Crippen LogP contribution in [0.3, 0.4) is 0 Å². The number of nitrogens with zero attached hydrogens (tertiary/aromatic N) is 2. The van der Waals surface area contributed by atoms with E-state index in [-0.39, 0.29) is 22.5 Å². The molecule has 1 aliphatic heterocycles. The van der Waals surface area contributed by atoms with Crippen molar-refractivity contribution in [3.05, 3.63) is 28.3 Å². The topological polar surface area (TPSA) is 110 Å². The first-order valence-electron chi connectivity index (χ1n) is 9.77. The zero-order valence-electron chi connectivity index (χ0n) is 16.1. The van der Waals surface area contributed by atoms with E-state index in [1.165, 1.54) is 25.0 Å². The zero-order valence-corrected chi connectivity index (χ0v) is 16.9. The Morgan fingerprint density at radius 2 is 1.86 bits per heavy atom. The Bertz CT molecular complexity index is 841. The normalized spacial score (nSPS) is 19.0. The highest BCUT2D eigenvalue weighted by atomic mass is 32.2. The molecule has 0 aromatic heterocycles. The van der Waals surface area contributed by atoms with E-state index in [4.69, 9.17) is 0 Å². The SMILES string of the molecule is CS(=O)(=O)c1cc([N+](=O)[O-])ccc1N1CCC(NC(=O)CC2CCCC2)CC1. The molecule has 1 heterocycles. The zero-order chi connectivity index (χ0) is 20.3. The number of sulfone groups is 1. The fraction of sp³-hybridized carbons (Fsp3) is 0.632. The second kappa shape index (κ2) is 8.46. The van der Waals surface area contributed by atoms with Crippen LogP contribution in [0.4, 0.5) is 11.4 Å². The first-order chi connectivity index (χ1) is 13.2. The number of amides is 1. The Balaban J connectivity index is 1.63. The number of rotatable bonds is 6. The predicted octanol–water partition coefficient (Wildman–Crippen LogP) is 2.66. The van der Waals surface area contributed by atoms with Crippen molar-refractivity contribution in [3.63, 3.8) is 0 Å². The van der Waals surface area contributed by atoms with E-state index in [1.54, 1.807) is 0 Å². The molecule has 1 aliphatic carbocycles. The number of nitro groups is 1. The van der Waals surface area contributed by atoms with Crippen LogP contribution in [0.1, 0.15) is 44.9 Å². The fourth-order valence-corrected chi connectivity index (χ4v) is 5.11. The number of piperidine rings is 1. The van der Waals surface area contributed by atoms with Gasteiger partial charge in [-0.1, -0.05) is 12.8 Å². The van der Waals surface area contributed by atoms with Gasteiger partial charge in [0.05, 0.1) is 15.5 Å². The molecule has 28 heavy (non-hydrogen) atoms. The Morgan fingerprint density at radius 1 is 1.21 bits per heavy atom. The van der Waals surface area contributed by atoms with Crippen LogP contribution in [0.5, 0.6) is 0 Å². The molecule has 1 aromatic carbocycles. The number of benzene rings is 1. The lowest BCUT2D eigenvalue weighted by Gasteiger charge is -2.34. The van der Waals surface area contributed by atoms with Gasteiger partial charge in [-0.3, -0.25) is 14.9 Å². The molecule has 8 nitrogen and oxygen atoms in total. The summed E-state index contributed by atoms with van der Waals surface area (Å²) < 4.78 is 24.3. The Labute approximate surface area is 165 Å². The van der Waals surface area contributed by atoms with Crippen LogP contribution in [0.15, 0.2) is 23.1 Å². The maximum Gasteiger partial charge on any atom is 0.270 e. The maximum absolute atomic E-state index is 12.2. The van der Waals surface area contributed by atoms with Crippen LogP contribution in [0.25, 0.3) is 0 Å². The van der Waals surface area contributed by atoms with Crippen LogP contribution in [-0.2, 0) is 14.6 Å². The molecule has 154 valence electrons. The van der Waals surface area contributed by atoms with Gasteiger partial charge < -0.3 is 10.2 Å².